The van der Waals surface area contributed by atoms with Crippen molar-refractivity contribution in [1.82, 2.24) is 15.5 Å². The number of nitrogens with one attached hydrogen (secondary N) is 2. The molecule has 1 aromatic rings. The third-order valence-corrected chi connectivity index (χ3v) is 6.20. The van der Waals surface area contributed by atoms with Gasteiger partial charge in [0.05, 0.1) is 12.8 Å². The maximum Gasteiger partial charge on any atom is 0.406 e. The molecule has 1 atom stereocenters. The summed E-state index contributed by atoms with van der Waals surface area (Å²) >= 11 is 0. The predicted octanol–water partition coefficient (Wildman–Crippen LogP) is 2.88. The molecule has 9 nitrogen and oxygen atoms in total. The maximum atomic E-state index is 13.7. The number of anilines is 1. The van der Waals surface area contributed by atoms with Gasteiger partial charge in [-0.15, -0.1) is 12.4 Å². The van der Waals surface area contributed by atoms with Gasteiger partial charge in [0.15, 0.2) is 5.60 Å². The Balaban J connectivity index is 0.00000408. The highest BCUT2D eigenvalue weighted by Crippen LogP contribution is 2.40. The third kappa shape index (κ3) is 5.75. The molecule has 0 aromatic heterocycles. The number of nitrogens with zero attached hydrogens (tertiary/aromatic N) is 2. The lowest BCUT2D eigenvalue weighted by Crippen LogP contribution is -2.54. The molecule has 2 aliphatic rings. The molecule has 1 aromatic carbocycles. The first kappa shape index (κ1) is 27.7. The molecule has 0 bridgehead atoms. The van der Waals surface area contributed by atoms with Gasteiger partial charge in [-0.25, -0.2) is 4.79 Å². The number of hydrogen-bond acceptors (Lipinski definition) is 6. The van der Waals surface area contributed by atoms with E-state index >= 15 is 0 Å². The molecule has 10 heteroatoms. The van der Waals surface area contributed by atoms with Crippen LogP contribution < -0.4 is 20.3 Å². The molecule has 1 fully saturated rings. The molecule has 0 unspecified atom stereocenters. The van der Waals surface area contributed by atoms with Crippen LogP contribution in [0.3, 0.4) is 0 Å². The van der Waals surface area contributed by atoms with Crippen LogP contribution in [0.15, 0.2) is 12.1 Å². The molecule has 0 radical (unpaired) electrons. The van der Waals surface area contributed by atoms with Gasteiger partial charge in [-0.2, -0.15) is 0 Å². The Kier molecular flexibility index (Phi) is 9.19. The number of aryl methyl sites for hydroxylation is 1. The fraction of sp³-hybridized carbons (Fsp3) is 0.625. The topological polar surface area (TPSA) is 100 Å². The molecule has 3 rings (SSSR count). The monoisotopic (exact) mass is 496 g/mol. The van der Waals surface area contributed by atoms with E-state index in [0.29, 0.717) is 17.0 Å². The molecular weight excluding hydrogens is 460 g/mol. The molecule has 0 spiro atoms. The number of alkyl carbamates (subject to hydrolysis) is 1. The van der Waals surface area contributed by atoms with Gasteiger partial charge in [0.1, 0.15) is 5.75 Å². The summed E-state index contributed by atoms with van der Waals surface area (Å²) in [7, 11) is 1.29. The van der Waals surface area contributed by atoms with E-state index in [2.05, 4.69) is 15.4 Å². The summed E-state index contributed by atoms with van der Waals surface area (Å²) in [5.74, 6) is 0.257. The summed E-state index contributed by atoms with van der Waals surface area (Å²) < 4.78 is 10.6. The van der Waals surface area contributed by atoms with Gasteiger partial charge in [0.25, 0.3) is 11.8 Å². The van der Waals surface area contributed by atoms with Gasteiger partial charge in [-0.1, -0.05) is 0 Å². The van der Waals surface area contributed by atoms with Gasteiger partial charge in [0.2, 0.25) is 0 Å². The lowest BCUT2D eigenvalue weighted by molar-refractivity contribution is -0.132. The van der Waals surface area contributed by atoms with Gasteiger partial charge in [0, 0.05) is 37.3 Å². The van der Waals surface area contributed by atoms with Crippen LogP contribution in [-0.4, -0.2) is 73.8 Å². The molecule has 1 saturated heterocycles. The van der Waals surface area contributed by atoms with Crippen molar-refractivity contribution < 1.29 is 23.9 Å². The number of fused-ring (bicyclic) bond motifs is 1. The average Bonchev–Trinajstić information content (AvgIpc) is 2.76. The van der Waals surface area contributed by atoms with E-state index in [-0.39, 0.29) is 49.4 Å². The fourth-order valence-corrected chi connectivity index (χ4v) is 4.54. The van der Waals surface area contributed by atoms with Crippen LogP contribution in [0.5, 0.6) is 5.75 Å². The number of carbonyl (C=O) groups is 3. The summed E-state index contributed by atoms with van der Waals surface area (Å²) in [6, 6.07) is 3.74. The Hall–Kier alpha value is -2.52. The van der Waals surface area contributed by atoms with Crippen LogP contribution in [0.25, 0.3) is 0 Å². The van der Waals surface area contributed by atoms with Crippen LogP contribution >= 0.6 is 12.4 Å². The zero-order valence-electron chi connectivity index (χ0n) is 20.9. The zero-order valence-corrected chi connectivity index (χ0v) is 21.7. The number of rotatable bonds is 6. The highest BCUT2D eigenvalue weighted by atomic mass is 35.5. The minimum absolute atomic E-state index is 0. The lowest BCUT2D eigenvalue weighted by atomic mass is 9.97. The van der Waals surface area contributed by atoms with Crippen molar-refractivity contribution in [2.24, 2.45) is 0 Å². The van der Waals surface area contributed by atoms with Crippen molar-refractivity contribution in [3.05, 3.63) is 23.3 Å². The minimum atomic E-state index is -1.06. The Bertz CT molecular complexity index is 915. The summed E-state index contributed by atoms with van der Waals surface area (Å²) in [4.78, 5) is 41.9. The standard InChI is InChI=1S/C24H36N4O5.ClH/c1-15(2)28(17-8-7-9-25-14-17)21(29)18-13-19-20(12-16(18)3)33-24(4,5)22(30)27(19)11-10-26-23(31)32-6;/h12-13,15,17,25H,7-11,14H2,1-6H3,(H,26,31);1H/t17-;/m1./s1. The highest BCUT2D eigenvalue weighted by molar-refractivity contribution is 6.05. The van der Waals surface area contributed by atoms with Crippen molar-refractivity contribution in [3.8, 4) is 5.75 Å². The molecule has 0 aliphatic carbocycles. The van der Waals surface area contributed by atoms with Crippen LogP contribution in [0, 0.1) is 6.92 Å². The zero-order chi connectivity index (χ0) is 24.3. The fourth-order valence-electron chi connectivity index (χ4n) is 4.54. The minimum Gasteiger partial charge on any atom is -0.476 e. The van der Waals surface area contributed by atoms with Crippen LogP contribution in [-0.2, 0) is 9.53 Å². The number of benzene rings is 1. The molecule has 3 amide bonds. The average molecular weight is 497 g/mol. The van der Waals surface area contributed by atoms with Crippen molar-refractivity contribution in [2.75, 3.05) is 38.2 Å². The van der Waals surface area contributed by atoms with Crippen molar-refractivity contribution >= 4 is 36.0 Å². The quantitative estimate of drug-likeness (QED) is 0.628. The first-order chi connectivity index (χ1) is 15.6. The normalized spacial score (nSPS) is 19.0. The number of hydrogen-bond donors (Lipinski definition) is 2. The van der Waals surface area contributed by atoms with Crippen molar-refractivity contribution in [3.63, 3.8) is 0 Å². The first-order valence-corrected chi connectivity index (χ1v) is 11.6. The van der Waals surface area contributed by atoms with E-state index in [4.69, 9.17) is 4.74 Å². The van der Waals surface area contributed by atoms with Crippen molar-refractivity contribution in [1.29, 1.82) is 0 Å². The molecule has 2 heterocycles. The molecular formula is C24H37ClN4O5. The number of halogens is 1. The summed E-state index contributed by atoms with van der Waals surface area (Å²) in [6.07, 6.45) is 1.42. The Labute approximate surface area is 207 Å². The first-order valence-electron chi connectivity index (χ1n) is 11.6. The van der Waals surface area contributed by atoms with Crippen LogP contribution in [0.2, 0.25) is 0 Å². The van der Waals surface area contributed by atoms with Gasteiger partial charge in [-0.3, -0.25) is 9.59 Å². The van der Waals surface area contributed by atoms with Gasteiger partial charge < -0.3 is 29.9 Å². The van der Waals surface area contributed by atoms with Crippen LogP contribution in [0.1, 0.15) is 56.5 Å². The summed E-state index contributed by atoms with van der Waals surface area (Å²) in [5, 5.41) is 5.99. The second-order valence-corrected chi connectivity index (χ2v) is 9.43. The van der Waals surface area contributed by atoms with Gasteiger partial charge >= 0.3 is 6.09 Å². The van der Waals surface area contributed by atoms with E-state index in [0.717, 1.165) is 31.5 Å². The second-order valence-electron chi connectivity index (χ2n) is 9.43. The second kappa shape index (κ2) is 11.3. The van der Waals surface area contributed by atoms with E-state index in [1.54, 1.807) is 24.8 Å². The van der Waals surface area contributed by atoms with E-state index < -0.39 is 11.7 Å². The summed E-state index contributed by atoms with van der Waals surface area (Å²) in [5.41, 5.74) is 0.819. The van der Waals surface area contributed by atoms with Crippen LogP contribution in [0.4, 0.5) is 10.5 Å². The van der Waals surface area contributed by atoms with E-state index in [1.807, 2.05) is 31.7 Å². The largest absolute Gasteiger partial charge is 0.476 e. The van der Waals surface area contributed by atoms with E-state index in [9.17, 15) is 14.4 Å². The molecule has 0 saturated carbocycles. The SMILES string of the molecule is COC(=O)NCCN1C(=O)C(C)(C)Oc2cc(C)c(C(=O)N(C(C)C)[C@@H]3CCCNC3)cc21.Cl. The number of piperidine rings is 1. The van der Waals surface area contributed by atoms with Crippen molar-refractivity contribution in [2.45, 2.75) is 65.1 Å². The smallest absolute Gasteiger partial charge is 0.406 e. The van der Waals surface area contributed by atoms with Gasteiger partial charge in [-0.05, 0) is 71.7 Å². The lowest BCUT2D eigenvalue weighted by Gasteiger charge is -2.40. The molecule has 190 valence electrons. The Morgan fingerprint density at radius 3 is 2.65 bits per heavy atom. The third-order valence-electron chi connectivity index (χ3n) is 6.20. The Morgan fingerprint density at radius 2 is 2.06 bits per heavy atom. The number of ether oxygens (including phenoxy) is 2. The number of carbonyl (C=O) groups excluding carboxylic acids is 3. The maximum absolute atomic E-state index is 13.7. The summed E-state index contributed by atoms with van der Waals surface area (Å²) in [6.45, 7) is 11.5. The number of amides is 3. The highest BCUT2D eigenvalue weighted by Gasteiger charge is 2.41. The molecule has 2 N–H and O–H groups in total. The van der Waals surface area contributed by atoms with E-state index in [1.165, 1.54) is 7.11 Å². The molecule has 2 aliphatic heterocycles. The Morgan fingerprint density at radius 1 is 1.35 bits per heavy atom. The number of methoxy groups -OCH3 is 1. The predicted molar refractivity (Wildman–Crippen MR) is 133 cm³/mol. The molecule has 34 heavy (non-hydrogen) atoms.